The molecule has 1 aromatic carbocycles. The van der Waals surface area contributed by atoms with Crippen LogP contribution in [0.3, 0.4) is 0 Å². The van der Waals surface area contributed by atoms with E-state index in [4.69, 9.17) is 0 Å². The summed E-state index contributed by atoms with van der Waals surface area (Å²) in [6.45, 7) is 7.54. The number of likely N-dealkylation sites (tertiary alicyclic amines) is 1. The summed E-state index contributed by atoms with van der Waals surface area (Å²) >= 11 is 0. The van der Waals surface area contributed by atoms with Crippen LogP contribution in [0.5, 0.6) is 0 Å². The molecule has 4 heteroatoms. The Kier molecular flexibility index (Phi) is 3.66. The number of aryl methyl sites for hydroxylation is 2. The number of aliphatic hydroxyl groups is 1. The van der Waals surface area contributed by atoms with Gasteiger partial charge >= 0.3 is 0 Å². The van der Waals surface area contributed by atoms with Crippen molar-refractivity contribution in [3.63, 3.8) is 0 Å². The molecule has 1 aliphatic heterocycles. The van der Waals surface area contributed by atoms with Crippen LogP contribution in [0.1, 0.15) is 30.5 Å². The molecule has 1 fully saturated rings. The lowest BCUT2D eigenvalue weighted by Gasteiger charge is -2.18. The van der Waals surface area contributed by atoms with Gasteiger partial charge in [-0.1, -0.05) is 23.8 Å². The quantitative estimate of drug-likeness (QED) is 0.511. The first-order chi connectivity index (χ1) is 9.32. The van der Waals surface area contributed by atoms with Gasteiger partial charge in [0.15, 0.2) is 5.78 Å². The number of amides is 1. The highest BCUT2D eigenvalue weighted by Gasteiger charge is 2.38. The maximum absolute atomic E-state index is 12.2. The molecular weight excluding hydrogens is 254 g/mol. The number of hydrogen-bond donors (Lipinski definition) is 1. The molecule has 0 unspecified atom stereocenters. The van der Waals surface area contributed by atoms with E-state index in [1.165, 1.54) is 4.90 Å². The number of carbonyl (C=O) groups excluding carboxylic acids is 2. The SMILES string of the molecule is Cc1ccc(/C(O)=C2\C(=O)CN(C(C)C)C2=O)c(C)c1. The predicted molar refractivity (Wildman–Crippen MR) is 77.3 cm³/mol. The molecule has 1 aliphatic rings. The van der Waals surface area contributed by atoms with Gasteiger partial charge in [-0.2, -0.15) is 0 Å². The van der Waals surface area contributed by atoms with Crippen LogP contribution in [-0.4, -0.2) is 34.3 Å². The lowest BCUT2D eigenvalue weighted by molar-refractivity contribution is -0.126. The molecule has 4 nitrogen and oxygen atoms in total. The number of rotatable bonds is 2. The van der Waals surface area contributed by atoms with E-state index in [2.05, 4.69) is 0 Å². The van der Waals surface area contributed by atoms with Crippen molar-refractivity contribution >= 4 is 17.4 Å². The Bertz CT molecular complexity index is 614. The van der Waals surface area contributed by atoms with E-state index in [1.807, 2.05) is 39.8 Å². The predicted octanol–water partition coefficient (Wildman–Crippen LogP) is 2.39. The van der Waals surface area contributed by atoms with E-state index in [0.29, 0.717) is 5.56 Å². The van der Waals surface area contributed by atoms with Gasteiger partial charge < -0.3 is 10.0 Å². The normalized spacial score (nSPS) is 18.1. The Hall–Kier alpha value is -2.10. The van der Waals surface area contributed by atoms with Gasteiger partial charge in [0.1, 0.15) is 11.3 Å². The number of aliphatic hydroxyl groups excluding tert-OH is 1. The summed E-state index contributed by atoms with van der Waals surface area (Å²) in [6, 6.07) is 5.45. The zero-order valence-electron chi connectivity index (χ0n) is 12.2. The summed E-state index contributed by atoms with van der Waals surface area (Å²) in [7, 11) is 0. The van der Waals surface area contributed by atoms with E-state index in [-0.39, 0.29) is 35.6 Å². The summed E-state index contributed by atoms with van der Waals surface area (Å²) in [5, 5.41) is 10.3. The molecule has 2 rings (SSSR count). The molecule has 0 radical (unpaired) electrons. The largest absolute Gasteiger partial charge is 0.506 e. The molecule has 1 heterocycles. The molecule has 1 saturated heterocycles. The van der Waals surface area contributed by atoms with E-state index < -0.39 is 0 Å². The smallest absolute Gasteiger partial charge is 0.262 e. The summed E-state index contributed by atoms with van der Waals surface area (Å²) in [5.74, 6) is -0.913. The minimum atomic E-state index is -0.387. The highest BCUT2D eigenvalue weighted by Crippen LogP contribution is 2.26. The van der Waals surface area contributed by atoms with Gasteiger partial charge in [0.25, 0.3) is 5.91 Å². The van der Waals surface area contributed by atoms with Crippen LogP contribution in [-0.2, 0) is 9.59 Å². The third-order valence-electron chi connectivity index (χ3n) is 3.56. The maximum Gasteiger partial charge on any atom is 0.262 e. The second kappa shape index (κ2) is 5.12. The Labute approximate surface area is 118 Å². The van der Waals surface area contributed by atoms with Crippen LogP contribution in [0.4, 0.5) is 0 Å². The summed E-state index contributed by atoms with van der Waals surface area (Å²) in [5.41, 5.74) is 2.36. The van der Waals surface area contributed by atoms with Crippen molar-refractivity contribution in [2.45, 2.75) is 33.7 Å². The maximum atomic E-state index is 12.2. The van der Waals surface area contributed by atoms with Gasteiger partial charge in [-0.3, -0.25) is 9.59 Å². The monoisotopic (exact) mass is 273 g/mol. The van der Waals surface area contributed by atoms with E-state index in [1.54, 1.807) is 6.07 Å². The second-order valence-electron chi connectivity index (χ2n) is 5.49. The van der Waals surface area contributed by atoms with E-state index >= 15 is 0 Å². The Morgan fingerprint density at radius 2 is 1.90 bits per heavy atom. The fourth-order valence-corrected chi connectivity index (χ4v) is 2.43. The van der Waals surface area contributed by atoms with Gasteiger partial charge in [0.2, 0.25) is 0 Å². The van der Waals surface area contributed by atoms with Crippen LogP contribution < -0.4 is 0 Å². The number of carbonyl (C=O) groups is 2. The summed E-state index contributed by atoms with van der Waals surface area (Å²) in [4.78, 5) is 25.7. The molecule has 106 valence electrons. The minimum absolute atomic E-state index is 0.0425. The molecule has 1 N–H and O–H groups in total. The van der Waals surface area contributed by atoms with Crippen LogP contribution in [0.25, 0.3) is 5.76 Å². The number of hydrogen-bond acceptors (Lipinski definition) is 3. The molecule has 0 bridgehead atoms. The van der Waals surface area contributed by atoms with Crippen molar-refractivity contribution in [3.05, 3.63) is 40.5 Å². The Morgan fingerprint density at radius 3 is 2.40 bits per heavy atom. The minimum Gasteiger partial charge on any atom is -0.506 e. The molecule has 0 spiro atoms. The topological polar surface area (TPSA) is 57.6 Å². The standard InChI is InChI=1S/C16H19NO3/c1-9(2)17-8-13(18)14(16(17)20)15(19)12-6-5-10(3)7-11(12)4/h5-7,9,19H,8H2,1-4H3/b15-14-. The van der Waals surface area contributed by atoms with E-state index in [9.17, 15) is 14.7 Å². The average Bonchev–Trinajstić information content (AvgIpc) is 2.64. The van der Waals surface area contributed by atoms with Crippen LogP contribution in [0, 0.1) is 13.8 Å². The van der Waals surface area contributed by atoms with Crippen molar-refractivity contribution in [2.75, 3.05) is 6.54 Å². The fraction of sp³-hybridized carbons (Fsp3) is 0.375. The molecule has 0 atom stereocenters. The zero-order valence-corrected chi connectivity index (χ0v) is 12.2. The van der Waals surface area contributed by atoms with Crippen molar-refractivity contribution < 1.29 is 14.7 Å². The molecule has 1 amide bonds. The number of benzene rings is 1. The number of nitrogens with zero attached hydrogens (tertiary/aromatic N) is 1. The first-order valence-corrected chi connectivity index (χ1v) is 6.68. The van der Waals surface area contributed by atoms with Gasteiger partial charge in [-0.25, -0.2) is 0 Å². The van der Waals surface area contributed by atoms with Crippen molar-refractivity contribution in [2.24, 2.45) is 0 Å². The fourth-order valence-electron chi connectivity index (χ4n) is 2.43. The second-order valence-corrected chi connectivity index (χ2v) is 5.49. The zero-order chi connectivity index (χ0) is 15.0. The highest BCUT2D eigenvalue weighted by molar-refractivity contribution is 6.28. The average molecular weight is 273 g/mol. The summed E-state index contributed by atoms with van der Waals surface area (Å²) < 4.78 is 0. The van der Waals surface area contributed by atoms with Gasteiger partial charge in [0.05, 0.1) is 6.54 Å². The molecule has 1 aromatic rings. The lowest BCUT2D eigenvalue weighted by Crippen LogP contribution is -2.32. The molecule has 0 aliphatic carbocycles. The van der Waals surface area contributed by atoms with Crippen molar-refractivity contribution in [3.8, 4) is 0 Å². The molecule has 0 aromatic heterocycles. The van der Waals surface area contributed by atoms with Gasteiger partial charge in [0, 0.05) is 11.6 Å². The highest BCUT2D eigenvalue weighted by atomic mass is 16.3. The van der Waals surface area contributed by atoms with Gasteiger partial charge in [-0.15, -0.1) is 0 Å². The number of ketones is 1. The van der Waals surface area contributed by atoms with Gasteiger partial charge in [-0.05, 0) is 33.3 Å². The first kappa shape index (κ1) is 14.3. The third-order valence-corrected chi connectivity index (χ3v) is 3.56. The molecule has 0 saturated carbocycles. The van der Waals surface area contributed by atoms with E-state index in [0.717, 1.165) is 11.1 Å². The Morgan fingerprint density at radius 1 is 1.25 bits per heavy atom. The molecular formula is C16H19NO3. The third kappa shape index (κ3) is 2.33. The van der Waals surface area contributed by atoms with Crippen molar-refractivity contribution in [1.29, 1.82) is 0 Å². The molecule has 20 heavy (non-hydrogen) atoms. The van der Waals surface area contributed by atoms with Crippen LogP contribution in [0.2, 0.25) is 0 Å². The number of Topliss-reactive ketones (excluding diaryl/α,β-unsaturated/α-hetero) is 1. The van der Waals surface area contributed by atoms with Crippen molar-refractivity contribution in [1.82, 2.24) is 4.90 Å². The summed E-state index contributed by atoms with van der Waals surface area (Å²) in [6.07, 6.45) is 0. The Balaban J connectivity index is 2.51. The lowest BCUT2D eigenvalue weighted by atomic mass is 10.0. The first-order valence-electron chi connectivity index (χ1n) is 6.68. The van der Waals surface area contributed by atoms with Crippen LogP contribution >= 0.6 is 0 Å². The van der Waals surface area contributed by atoms with Crippen LogP contribution in [0.15, 0.2) is 23.8 Å².